The molecular formula is C15H15ClN2O2. The Hall–Kier alpha value is -2.20. The highest BCUT2D eigenvalue weighted by molar-refractivity contribution is 6.30. The van der Waals surface area contributed by atoms with E-state index in [-0.39, 0.29) is 5.88 Å². The molecule has 0 saturated heterocycles. The van der Waals surface area contributed by atoms with Crippen LogP contribution in [-0.2, 0) is 6.42 Å². The molecule has 3 N–H and O–H groups in total. The number of halogens is 1. The van der Waals surface area contributed by atoms with Gasteiger partial charge in [0.2, 0.25) is 5.88 Å². The number of rotatable bonds is 4. The van der Waals surface area contributed by atoms with Gasteiger partial charge < -0.3 is 10.1 Å². The molecular weight excluding hydrogens is 276 g/mol. The highest BCUT2D eigenvalue weighted by Crippen LogP contribution is 2.24. The van der Waals surface area contributed by atoms with Gasteiger partial charge in [-0.3, -0.25) is 4.98 Å². The molecule has 2 aromatic rings. The van der Waals surface area contributed by atoms with Gasteiger partial charge in [-0.1, -0.05) is 42.0 Å². The van der Waals surface area contributed by atoms with Crippen molar-refractivity contribution >= 4 is 17.2 Å². The van der Waals surface area contributed by atoms with Crippen LogP contribution in [0.15, 0.2) is 47.3 Å². The van der Waals surface area contributed by atoms with Gasteiger partial charge in [0, 0.05) is 11.4 Å². The molecule has 0 aliphatic carbocycles. The molecule has 0 atom stereocenters. The van der Waals surface area contributed by atoms with Gasteiger partial charge >= 0.3 is 5.69 Å². The first-order valence-corrected chi connectivity index (χ1v) is 6.56. The Balaban J connectivity index is 2.39. The van der Waals surface area contributed by atoms with Crippen LogP contribution >= 0.6 is 11.6 Å². The van der Waals surface area contributed by atoms with Crippen LogP contribution in [0.3, 0.4) is 0 Å². The predicted octanol–water partition coefficient (Wildman–Crippen LogP) is 3.26. The molecule has 0 unspecified atom stereocenters. The van der Waals surface area contributed by atoms with E-state index in [1.54, 1.807) is 6.07 Å². The van der Waals surface area contributed by atoms with Gasteiger partial charge in [0.1, 0.15) is 0 Å². The molecule has 0 saturated carbocycles. The van der Waals surface area contributed by atoms with Crippen molar-refractivity contribution in [3.63, 3.8) is 0 Å². The molecule has 0 fully saturated rings. The fraction of sp³-hybridized carbons (Fsp3) is 0.133. The summed E-state index contributed by atoms with van der Waals surface area (Å²) in [6, 6.07) is 7.44. The maximum Gasteiger partial charge on any atom is 0.325 e. The molecule has 5 heteroatoms. The molecule has 104 valence electrons. The average Bonchev–Trinajstić information content (AvgIpc) is 2.72. The number of hydrogen-bond acceptors (Lipinski definition) is 2. The molecule has 1 aromatic carbocycles. The second kappa shape index (κ2) is 6.30. The van der Waals surface area contributed by atoms with Crippen LogP contribution in [0.25, 0.3) is 5.57 Å². The third kappa shape index (κ3) is 3.42. The zero-order valence-electron chi connectivity index (χ0n) is 11.0. The minimum Gasteiger partial charge on any atom is -0.493 e. The Morgan fingerprint density at radius 2 is 2.20 bits per heavy atom. The number of allylic oxidation sites excluding steroid dienone is 4. The van der Waals surface area contributed by atoms with Crippen LogP contribution in [-0.4, -0.2) is 15.1 Å². The molecule has 0 radical (unpaired) electrons. The zero-order valence-corrected chi connectivity index (χ0v) is 11.7. The topological polar surface area (TPSA) is 68.9 Å². The monoisotopic (exact) mass is 290 g/mol. The maximum atomic E-state index is 11.2. The van der Waals surface area contributed by atoms with E-state index in [0.717, 1.165) is 11.1 Å². The molecule has 4 nitrogen and oxygen atoms in total. The van der Waals surface area contributed by atoms with Crippen molar-refractivity contribution in [1.29, 1.82) is 0 Å². The Kier molecular flexibility index (Phi) is 4.48. The zero-order chi connectivity index (χ0) is 14.5. The van der Waals surface area contributed by atoms with Crippen molar-refractivity contribution in [3.05, 3.63) is 69.3 Å². The largest absolute Gasteiger partial charge is 0.493 e. The summed E-state index contributed by atoms with van der Waals surface area (Å²) in [6.07, 6.45) is 6.13. The number of nitrogens with one attached hydrogen (secondary N) is 2. The molecule has 1 aromatic heterocycles. The van der Waals surface area contributed by atoms with E-state index in [2.05, 4.69) is 9.97 Å². The van der Waals surface area contributed by atoms with Crippen LogP contribution < -0.4 is 5.69 Å². The molecule has 0 aliphatic rings. The standard InChI is InChI=1S/C15H15ClN2O2/c1-2-3-5-11(10-6-4-7-12(16)8-10)9-13-14(19)18-15(20)17-13/h2-8,19H,9H2,1H3,(H2,17,18,20)/b3-2?,11-5-. The maximum absolute atomic E-state index is 11.2. The highest BCUT2D eigenvalue weighted by atomic mass is 35.5. The van der Waals surface area contributed by atoms with Crippen molar-refractivity contribution in [2.24, 2.45) is 0 Å². The molecule has 0 bridgehead atoms. The lowest BCUT2D eigenvalue weighted by atomic mass is 10.0. The molecule has 0 amide bonds. The summed E-state index contributed by atoms with van der Waals surface area (Å²) in [7, 11) is 0. The predicted molar refractivity (Wildman–Crippen MR) is 81.0 cm³/mol. The average molecular weight is 291 g/mol. The number of aromatic amines is 2. The van der Waals surface area contributed by atoms with Gasteiger partial charge in [0.25, 0.3) is 0 Å². The number of imidazole rings is 1. The van der Waals surface area contributed by atoms with E-state index in [1.807, 2.05) is 43.4 Å². The van der Waals surface area contributed by atoms with Crippen LogP contribution in [0.4, 0.5) is 0 Å². The molecule has 20 heavy (non-hydrogen) atoms. The van der Waals surface area contributed by atoms with Gasteiger partial charge in [-0.15, -0.1) is 0 Å². The third-order valence-corrected chi connectivity index (χ3v) is 3.07. The molecule has 0 spiro atoms. The lowest BCUT2D eigenvalue weighted by Gasteiger charge is -2.07. The van der Waals surface area contributed by atoms with Crippen LogP contribution in [0.1, 0.15) is 18.2 Å². The minimum atomic E-state index is -0.422. The van der Waals surface area contributed by atoms with E-state index in [1.165, 1.54) is 0 Å². The van der Waals surface area contributed by atoms with Crippen molar-refractivity contribution in [3.8, 4) is 5.88 Å². The Labute approximate surface area is 121 Å². The van der Waals surface area contributed by atoms with E-state index < -0.39 is 5.69 Å². The van der Waals surface area contributed by atoms with E-state index in [0.29, 0.717) is 17.1 Å². The summed E-state index contributed by atoms with van der Waals surface area (Å²) in [6.45, 7) is 1.92. The first kappa shape index (κ1) is 14.2. The lowest BCUT2D eigenvalue weighted by Crippen LogP contribution is -2.01. The van der Waals surface area contributed by atoms with Crippen molar-refractivity contribution in [1.82, 2.24) is 9.97 Å². The van der Waals surface area contributed by atoms with Gasteiger partial charge in [0.15, 0.2) is 0 Å². The number of aromatic nitrogens is 2. The second-order valence-electron chi connectivity index (χ2n) is 4.31. The number of H-pyrrole nitrogens is 2. The molecule has 2 rings (SSSR count). The van der Waals surface area contributed by atoms with Gasteiger partial charge in [0.05, 0.1) is 5.69 Å². The lowest BCUT2D eigenvalue weighted by molar-refractivity contribution is 0.450. The smallest absolute Gasteiger partial charge is 0.325 e. The number of hydrogen-bond donors (Lipinski definition) is 3. The first-order chi connectivity index (χ1) is 9.60. The Morgan fingerprint density at radius 3 is 2.80 bits per heavy atom. The van der Waals surface area contributed by atoms with Crippen LogP contribution in [0, 0.1) is 0 Å². The Morgan fingerprint density at radius 1 is 1.40 bits per heavy atom. The second-order valence-corrected chi connectivity index (χ2v) is 4.75. The van der Waals surface area contributed by atoms with Gasteiger partial charge in [-0.2, -0.15) is 0 Å². The quantitative estimate of drug-likeness (QED) is 0.757. The summed E-state index contributed by atoms with van der Waals surface area (Å²) in [5, 5.41) is 10.3. The summed E-state index contributed by atoms with van der Waals surface area (Å²) < 4.78 is 0. The fourth-order valence-electron chi connectivity index (χ4n) is 1.89. The third-order valence-electron chi connectivity index (χ3n) is 2.83. The number of aromatic hydroxyl groups is 1. The summed E-state index contributed by atoms with van der Waals surface area (Å²) in [4.78, 5) is 16.1. The first-order valence-electron chi connectivity index (χ1n) is 6.18. The highest BCUT2D eigenvalue weighted by Gasteiger charge is 2.10. The Bertz CT molecular complexity index is 711. The molecule has 0 aliphatic heterocycles. The van der Waals surface area contributed by atoms with Gasteiger partial charge in [-0.25, -0.2) is 4.79 Å². The van der Waals surface area contributed by atoms with Crippen LogP contribution in [0.5, 0.6) is 5.88 Å². The van der Waals surface area contributed by atoms with Crippen molar-refractivity contribution in [2.75, 3.05) is 0 Å². The number of benzene rings is 1. The summed E-state index contributed by atoms with van der Waals surface area (Å²) in [5.41, 5.74) is 1.91. The molecule has 1 heterocycles. The van der Waals surface area contributed by atoms with E-state index in [9.17, 15) is 9.90 Å². The van der Waals surface area contributed by atoms with E-state index >= 15 is 0 Å². The fourth-order valence-corrected chi connectivity index (χ4v) is 2.08. The van der Waals surface area contributed by atoms with E-state index in [4.69, 9.17) is 11.6 Å². The summed E-state index contributed by atoms with van der Waals surface area (Å²) in [5.74, 6) is -0.136. The minimum absolute atomic E-state index is 0.136. The van der Waals surface area contributed by atoms with Crippen molar-refractivity contribution in [2.45, 2.75) is 13.3 Å². The van der Waals surface area contributed by atoms with Crippen LogP contribution in [0.2, 0.25) is 5.02 Å². The summed E-state index contributed by atoms with van der Waals surface area (Å²) >= 11 is 6.00. The SMILES string of the molecule is CC=C/C=C(/Cc1[nH]c(=O)[nH]c1O)c1cccc(Cl)c1. The normalized spacial score (nSPS) is 12.2. The van der Waals surface area contributed by atoms with Crippen molar-refractivity contribution < 1.29 is 5.11 Å². The van der Waals surface area contributed by atoms with Gasteiger partial charge in [-0.05, 0) is 30.2 Å².